The van der Waals surface area contributed by atoms with E-state index in [0.29, 0.717) is 30.8 Å². The molecule has 0 spiro atoms. The summed E-state index contributed by atoms with van der Waals surface area (Å²) in [6.45, 7) is 1.07. The number of anilines is 1. The lowest BCUT2D eigenvalue weighted by atomic mass is 9.96. The fourth-order valence-corrected chi connectivity index (χ4v) is 4.10. The molecule has 0 aromatic heterocycles. The van der Waals surface area contributed by atoms with Crippen molar-refractivity contribution < 1.29 is 19.5 Å². The molecule has 1 heterocycles. The topological polar surface area (TPSA) is 86.7 Å². The third-order valence-corrected chi connectivity index (χ3v) is 5.79. The highest BCUT2D eigenvalue weighted by Crippen LogP contribution is 2.25. The van der Waals surface area contributed by atoms with Crippen LogP contribution in [0, 0.1) is 5.92 Å². The summed E-state index contributed by atoms with van der Waals surface area (Å²) in [5.74, 6) is -0.967. The van der Waals surface area contributed by atoms with Gasteiger partial charge in [-0.2, -0.15) is 0 Å². The highest BCUT2D eigenvalue weighted by molar-refractivity contribution is 8.00. The number of nitrogens with one attached hydrogen (secondary N) is 1. The van der Waals surface area contributed by atoms with E-state index in [1.807, 2.05) is 30.3 Å². The monoisotopic (exact) mass is 398 g/mol. The van der Waals surface area contributed by atoms with Crippen LogP contribution >= 0.6 is 11.8 Å². The zero-order valence-electron chi connectivity index (χ0n) is 15.3. The summed E-state index contributed by atoms with van der Waals surface area (Å²) in [6, 6.07) is 16.0. The smallest absolute Gasteiger partial charge is 0.336 e. The Hall–Kier alpha value is -2.80. The number of hydrogen-bond donors (Lipinski definition) is 2. The molecule has 2 N–H and O–H groups in total. The minimum Gasteiger partial charge on any atom is -0.478 e. The van der Waals surface area contributed by atoms with Crippen LogP contribution in [-0.4, -0.2) is 46.6 Å². The van der Waals surface area contributed by atoms with Crippen LogP contribution in [0.3, 0.4) is 0 Å². The molecule has 0 radical (unpaired) electrons. The minimum absolute atomic E-state index is 0.0111. The molecule has 0 atom stereocenters. The molecule has 0 unspecified atom stereocenters. The Kier molecular flexibility index (Phi) is 6.71. The molecule has 6 nitrogen and oxygen atoms in total. The van der Waals surface area contributed by atoms with E-state index < -0.39 is 5.97 Å². The lowest BCUT2D eigenvalue weighted by Gasteiger charge is -2.31. The zero-order valence-corrected chi connectivity index (χ0v) is 16.2. The molecular weight excluding hydrogens is 376 g/mol. The van der Waals surface area contributed by atoms with Gasteiger partial charge in [-0.1, -0.05) is 30.3 Å². The van der Waals surface area contributed by atoms with E-state index in [9.17, 15) is 19.5 Å². The molecular formula is C21H22N2O4S. The Labute approximate surface area is 167 Å². The summed E-state index contributed by atoms with van der Waals surface area (Å²) in [7, 11) is 0. The first kappa shape index (κ1) is 19.9. The maximum Gasteiger partial charge on any atom is 0.336 e. The van der Waals surface area contributed by atoms with Gasteiger partial charge < -0.3 is 15.3 Å². The average molecular weight is 398 g/mol. The van der Waals surface area contributed by atoms with E-state index in [0.717, 1.165) is 5.69 Å². The van der Waals surface area contributed by atoms with Crippen molar-refractivity contribution in [1.29, 1.82) is 0 Å². The van der Waals surface area contributed by atoms with E-state index in [1.54, 1.807) is 23.1 Å². The van der Waals surface area contributed by atoms with Crippen LogP contribution in [0.15, 0.2) is 59.5 Å². The summed E-state index contributed by atoms with van der Waals surface area (Å²) in [6.07, 6.45) is 1.25. The van der Waals surface area contributed by atoms with Gasteiger partial charge in [0.25, 0.3) is 0 Å². The normalized spacial score (nSPS) is 14.5. The van der Waals surface area contributed by atoms with Crippen molar-refractivity contribution in [2.75, 3.05) is 24.2 Å². The van der Waals surface area contributed by atoms with E-state index in [2.05, 4.69) is 5.32 Å². The first-order valence-electron chi connectivity index (χ1n) is 9.13. The second kappa shape index (κ2) is 9.41. The number of para-hydroxylation sites is 1. The van der Waals surface area contributed by atoms with Crippen molar-refractivity contribution in [3.63, 3.8) is 0 Å². The number of amides is 2. The van der Waals surface area contributed by atoms with Gasteiger partial charge in [0.2, 0.25) is 11.8 Å². The summed E-state index contributed by atoms with van der Waals surface area (Å²) >= 11 is 1.23. The Balaban J connectivity index is 1.47. The lowest BCUT2D eigenvalue weighted by molar-refractivity contribution is -0.132. The van der Waals surface area contributed by atoms with Gasteiger partial charge in [0, 0.05) is 29.6 Å². The highest BCUT2D eigenvalue weighted by atomic mass is 32.2. The molecule has 1 saturated heterocycles. The van der Waals surface area contributed by atoms with Crippen molar-refractivity contribution in [2.45, 2.75) is 17.7 Å². The number of piperidine rings is 1. The summed E-state index contributed by atoms with van der Waals surface area (Å²) in [4.78, 5) is 38.4. The number of likely N-dealkylation sites (tertiary alicyclic amines) is 1. The van der Waals surface area contributed by atoms with Gasteiger partial charge in [-0.3, -0.25) is 9.59 Å². The molecule has 146 valence electrons. The molecule has 3 rings (SSSR count). The number of benzene rings is 2. The fraction of sp³-hybridized carbons (Fsp3) is 0.286. The third-order valence-electron chi connectivity index (χ3n) is 4.73. The van der Waals surface area contributed by atoms with Crippen LogP contribution in [0.2, 0.25) is 0 Å². The van der Waals surface area contributed by atoms with E-state index >= 15 is 0 Å². The van der Waals surface area contributed by atoms with Crippen LogP contribution < -0.4 is 5.32 Å². The number of hydrogen-bond acceptors (Lipinski definition) is 4. The van der Waals surface area contributed by atoms with Crippen LogP contribution in [0.1, 0.15) is 23.2 Å². The van der Waals surface area contributed by atoms with Crippen LogP contribution in [0.5, 0.6) is 0 Å². The molecule has 2 amide bonds. The van der Waals surface area contributed by atoms with Gasteiger partial charge in [0.05, 0.1) is 11.3 Å². The maximum atomic E-state index is 12.5. The molecule has 1 aliphatic rings. The standard InChI is InChI=1S/C21H22N2O4S/c24-19(14-28-18-9-5-4-8-17(18)21(26)27)23-12-10-15(11-13-23)20(25)22-16-6-2-1-3-7-16/h1-9,15H,10-14H2,(H,22,25)(H,26,27). The Bertz CT molecular complexity index is 848. The number of nitrogens with zero attached hydrogens (tertiary/aromatic N) is 1. The molecule has 28 heavy (non-hydrogen) atoms. The zero-order chi connectivity index (χ0) is 19.9. The van der Waals surface area contributed by atoms with Crippen molar-refractivity contribution in [3.8, 4) is 0 Å². The second-order valence-corrected chi connectivity index (χ2v) is 7.62. The largest absolute Gasteiger partial charge is 0.478 e. The Morgan fingerprint density at radius 2 is 1.64 bits per heavy atom. The van der Waals surface area contributed by atoms with Crippen LogP contribution in [0.4, 0.5) is 5.69 Å². The van der Waals surface area contributed by atoms with Gasteiger partial charge >= 0.3 is 5.97 Å². The molecule has 1 fully saturated rings. The molecule has 0 aliphatic carbocycles. The first-order chi connectivity index (χ1) is 13.5. The molecule has 1 aliphatic heterocycles. The minimum atomic E-state index is -0.999. The van der Waals surface area contributed by atoms with Gasteiger partial charge in [-0.25, -0.2) is 4.79 Å². The van der Waals surface area contributed by atoms with Crippen molar-refractivity contribution in [1.82, 2.24) is 4.90 Å². The summed E-state index contributed by atoms with van der Waals surface area (Å²) in [5, 5.41) is 12.1. The third kappa shape index (κ3) is 5.13. The van der Waals surface area contributed by atoms with E-state index in [1.165, 1.54) is 17.8 Å². The number of thioether (sulfide) groups is 1. The van der Waals surface area contributed by atoms with Gasteiger partial charge in [0.15, 0.2) is 0 Å². The molecule has 0 bridgehead atoms. The van der Waals surface area contributed by atoms with Crippen LogP contribution in [-0.2, 0) is 9.59 Å². The van der Waals surface area contributed by atoms with Crippen molar-refractivity contribution in [2.24, 2.45) is 5.92 Å². The number of carboxylic acid groups (broad SMARTS) is 1. The predicted octanol–water partition coefficient (Wildman–Crippen LogP) is 3.35. The maximum absolute atomic E-state index is 12.5. The first-order valence-corrected chi connectivity index (χ1v) is 10.1. The number of carbonyl (C=O) groups is 3. The van der Waals surface area contributed by atoms with E-state index in [4.69, 9.17) is 0 Å². The summed E-state index contributed by atoms with van der Waals surface area (Å²) < 4.78 is 0. The number of aromatic carboxylic acids is 1. The molecule has 7 heteroatoms. The predicted molar refractivity (Wildman–Crippen MR) is 109 cm³/mol. The molecule has 2 aromatic rings. The number of rotatable bonds is 6. The molecule has 2 aromatic carbocycles. The summed E-state index contributed by atoms with van der Waals surface area (Å²) in [5.41, 5.74) is 0.982. The van der Waals surface area contributed by atoms with Crippen LogP contribution in [0.25, 0.3) is 0 Å². The van der Waals surface area contributed by atoms with Gasteiger partial charge in [-0.15, -0.1) is 11.8 Å². The lowest BCUT2D eigenvalue weighted by Crippen LogP contribution is -2.42. The van der Waals surface area contributed by atoms with Gasteiger partial charge in [-0.05, 0) is 37.1 Å². The fourth-order valence-electron chi connectivity index (χ4n) is 3.16. The SMILES string of the molecule is O=C(O)c1ccccc1SCC(=O)N1CCC(C(=O)Nc2ccccc2)CC1. The number of carbonyl (C=O) groups excluding carboxylic acids is 2. The molecule has 0 saturated carbocycles. The second-order valence-electron chi connectivity index (χ2n) is 6.60. The van der Waals surface area contributed by atoms with Gasteiger partial charge in [0.1, 0.15) is 0 Å². The average Bonchev–Trinajstić information content (AvgIpc) is 2.73. The van der Waals surface area contributed by atoms with Crippen molar-refractivity contribution in [3.05, 3.63) is 60.2 Å². The highest BCUT2D eigenvalue weighted by Gasteiger charge is 2.27. The van der Waals surface area contributed by atoms with Crippen molar-refractivity contribution >= 4 is 35.2 Å². The van der Waals surface area contributed by atoms with E-state index in [-0.39, 0.29) is 29.0 Å². The Morgan fingerprint density at radius 1 is 1.00 bits per heavy atom. The number of carboxylic acids is 1. The Morgan fingerprint density at radius 3 is 2.32 bits per heavy atom. The quantitative estimate of drug-likeness (QED) is 0.729.